The van der Waals surface area contributed by atoms with E-state index < -0.39 is 0 Å². The number of nitrogens with two attached hydrogens (primary N) is 1. The smallest absolute Gasteiger partial charge is 0.220 e. The molecule has 1 unspecified atom stereocenters. The quantitative estimate of drug-likeness (QED) is 0.165. The molecule has 3 aromatic rings. The number of piperidine rings is 1. The number of nitrogen functional groups attached to an aromatic ring is 1. The number of nitrogens with zero attached hydrogens (tertiary/aromatic N) is 2. The van der Waals surface area contributed by atoms with Crippen molar-refractivity contribution in [3.63, 3.8) is 0 Å². The molecule has 1 aliphatic heterocycles. The third kappa shape index (κ3) is 5.90. The van der Waals surface area contributed by atoms with Gasteiger partial charge in [0, 0.05) is 53.1 Å². The van der Waals surface area contributed by atoms with Crippen molar-refractivity contribution < 1.29 is 9.13 Å². The molecule has 0 aliphatic carbocycles. The maximum absolute atomic E-state index is 14.1. The van der Waals surface area contributed by atoms with E-state index in [4.69, 9.17) is 38.3 Å². The van der Waals surface area contributed by atoms with Crippen molar-refractivity contribution in [1.82, 2.24) is 9.88 Å². The van der Waals surface area contributed by atoms with E-state index in [0.717, 1.165) is 19.4 Å². The molecule has 1 atom stereocenters. The van der Waals surface area contributed by atoms with Gasteiger partial charge in [-0.15, -0.1) is 0 Å². The molecule has 0 saturated carbocycles. The van der Waals surface area contributed by atoms with Crippen LogP contribution < -0.4 is 5.73 Å². The zero-order valence-electron chi connectivity index (χ0n) is 19.0. The van der Waals surface area contributed by atoms with Gasteiger partial charge in [0.05, 0.1) is 5.71 Å². The van der Waals surface area contributed by atoms with Crippen LogP contribution >= 0.6 is 11.6 Å². The summed E-state index contributed by atoms with van der Waals surface area (Å²) in [5.41, 5.74) is 8.63. The molecule has 5 N–H and O–H groups in total. The lowest BCUT2D eigenvalue weighted by Crippen LogP contribution is -2.39. The van der Waals surface area contributed by atoms with Crippen LogP contribution in [0.1, 0.15) is 35.1 Å². The van der Waals surface area contributed by atoms with Gasteiger partial charge in [-0.2, -0.15) is 0 Å². The van der Waals surface area contributed by atoms with E-state index in [2.05, 4.69) is 9.88 Å². The molecular formula is C26H26ClFN6O. The van der Waals surface area contributed by atoms with Crippen molar-refractivity contribution in [2.45, 2.75) is 19.4 Å². The second-order valence-corrected chi connectivity index (χ2v) is 8.89. The van der Waals surface area contributed by atoms with Crippen molar-refractivity contribution in [2.24, 2.45) is 5.92 Å². The number of ether oxygens (including phenoxy) is 1. The summed E-state index contributed by atoms with van der Waals surface area (Å²) < 4.78 is 19.7. The standard InChI is InChI=1S/C26H26ClFN6O/c27-23-13-16(9-10-33-23)24(30)20-12-17(7-8-22(20)29)25(31)35-26(32)19-5-3-11-34(15-19)14-18-4-1-2-6-21(18)28/h1-2,4,6-10,12-13,19,30-32H,3,5,11,14-15,29H2. The number of hydrogen-bond acceptors (Lipinski definition) is 7. The third-order valence-electron chi connectivity index (χ3n) is 6.04. The number of halogens is 2. The minimum Gasteiger partial charge on any atom is -0.425 e. The van der Waals surface area contributed by atoms with E-state index in [1.54, 1.807) is 42.5 Å². The van der Waals surface area contributed by atoms with Gasteiger partial charge >= 0.3 is 0 Å². The molecule has 1 fully saturated rings. The molecule has 1 aliphatic rings. The fraction of sp³-hybridized carbons (Fsp3) is 0.231. The van der Waals surface area contributed by atoms with E-state index in [1.165, 1.54) is 12.3 Å². The normalized spacial score (nSPS) is 16.0. The predicted molar refractivity (Wildman–Crippen MR) is 136 cm³/mol. The minimum absolute atomic E-state index is 0.00241. The van der Waals surface area contributed by atoms with Gasteiger partial charge in [0.15, 0.2) is 5.90 Å². The van der Waals surface area contributed by atoms with E-state index in [9.17, 15) is 4.39 Å². The first-order chi connectivity index (χ1) is 16.8. The number of nitrogens with one attached hydrogen (secondary N) is 3. The Bertz CT molecular complexity index is 1280. The van der Waals surface area contributed by atoms with Gasteiger partial charge in [0.2, 0.25) is 5.90 Å². The highest BCUT2D eigenvalue weighted by molar-refractivity contribution is 6.30. The first-order valence-corrected chi connectivity index (χ1v) is 11.6. The summed E-state index contributed by atoms with van der Waals surface area (Å²) in [6, 6.07) is 14.8. The van der Waals surface area contributed by atoms with Gasteiger partial charge in [-0.05, 0) is 55.8 Å². The first kappa shape index (κ1) is 24.5. The molecule has 9 heteroatoms. The second kappa shape index (κ2) is 10.8. The van der Waals surface area contributed by atoms with Crippen molar-refractivity contribution >= 4 is 34.8 Å². The Kier molecular flexibility index (Phi) is 7.53. The molecule has 0 radical (unpaired) electrons. The molecular weight excluding hydrogens is 467 g/mol. The summed E-state index contributed by atoms with van der Waals surface area (Å²) in [5.74, 6) is -0.617. The van der Waals surface area contributed by atoms with Crippen LogP contribution in [0.2, 0.25) is 5.15 Å². The van der Waals surface area contributed by atoms with Gasteiger partial charge in [-0.1, -0.05) is 29.8 Å². The average Bonchev–Trinajstić information content (AvgIpc) is 2.85. The van der Waals surface area contributed by atoms with Crippen LogP contribution in [-0.2, 0) is 11.3 Å². The zero-order chi connectivity index (χ0) is 24.9. The van der Waals surface area contributed by atoms with Crippen LogP contribution in [0.25, 0.3) is 0 Å². The summed E-state index contributed by atoms with van der Waals surface area (Å²) in [6.45, 7) is 1.84. The Labute approximate surface area is 208 Å². The van der Waals surface area contributed by atoms with Crippen molar-refractivity contribution in [1.29, 1.82) is 16.2 Å². The monoisotopic (exact) mass is 492 g/mol. The van der Waals surface area contributed by atoms with Crippen molar-refractivity contribution in [3.05, 3.63) is 94.0 Å². The highest BCUT2D eigenvalue weighted by Crippen LogP contribution is 2.23. The maximum atomic E-state index is 14.1. The average molecular weight is 493 g/mol. The van der Waals surface area contributed by atoms with Gasteiger partial charge < -0.3 is 10.5 Å². The van der Waals surface area contributed by atoms with Crippen molar-refractivity contribution in [2.75, 3.05) is 18.8 Å². The Morgan fingerprint density at radius 2 is 1.91 bits per heavy atom. The number of hydrogen-bond donors (Lipinski definition) is 4. The van der Waals surface area contributed by atoms with Crippen LogP contribution in [0, 0.1) is 28.0 Å². The number of anilines is 1. The minimum atomic E-state index is -0.235. The van der Waals surface area contributed by atoms with Crippen LogP contribution in [0.15, 0.2) is 60.8 Å². The number of aromatic nitrogens is 1. The second-order valence-electron chi connectivity index (χ2n) is 8.51. The summed E-state index contributed by atoms with van der Waals surface area (Å²) in [4.78, 5) is 6.04. The Morgan fingerprint density at radius 1 is 1.11 bits per heavy atom. The van der Waals surface area contributed by atoms with Crippen LogP contribution in [0.4, 0.5) is 10.1 Å². The molecule has 0 spiro atoms. The summed E-state index contributed by atoms with van der Waals surface area (Å²) in [6.07, 6.45) is 3.13. The molecule has 0 bridgehead atoms. The SMILES string of the molecule is N=C(OC(=N)C1CCCN(Cc2ccccc2F)C1)c1ccc(N)c(C(=N)c2ccnc(Cl)c2)c1. The molecule has 1 saturated heterocycles. The summed E-state index contributed by atoms with van der Waals surface area (Å²) in [5, 5.41) is 25.7. The zero-order valence-corrected chi connectivity index (χ0v) is 19.8. The third-order valence-corrected chi connectivity index (χ3v) is 6.25. The van der Waals surface area contributed by atoms with E-state index in [1.807, 2.05) is 6.07 Å². The fourth-order valence-corrected chi connectivity index (χ4v) is 4.33. The van der Waals surface area contributed by atoms with Crippen molar-refractivity contribution in [3.8, 4) is 0 Å². The summed E-state index contributed by atoms with van der Waals surface area (Å²) >= 11 is 5.95. The topological polar surface area (TPSA) is 123 Å². The molecule has 2 heterocycles. The number of rotatable bonds is 6. The van der Waals surface area contributed by atoms with E-state index in [-0.39, 0.29) is 34.4 Å². The largest absolute Gasteiger partial charge is 0.425 e. The van der Waals surface area contributed by atoms with Crippen LogP contribution in [0.5, 0.6) is 0 Å². The lowest BCUT2D eigenvalue weighted by atomic mass is 9.97. The van der Waals surface area contributed by atoms with Crippen LogP contribution in [-0.4, -0.2) is 40.5 Å². The lowest BCUT2D eigenvalue weighted by molar-refractivity contribution is 0.185. The molecule has 180 valence electrons. The highest BCUT2D eigenvalue weighted by atomic mass is 35.5. The van der Waals surface area contributed by atoms with E-state index >= 15 is 0 Å². The van der Waals surface area contributed by atoms with Gasteiger partial charge in [0.25, 0.3) is 0 Å². The highest BCUT2D eigenvalue weighted by Gasteiger charge is 2.26. The maximum Gasteiger partial charge on any atom is 0.220 e. The van der Waals surface area contributed by atoms with Gasteiger partial charge in [0.1, 0.15) is 11.0 Å². The number of likely N-dealkylation sites (tertiary alicyclic amines) is 1. The van der Waals surface area contributed by atoms with Gasteiger partial charge in [-0.25, -0.2) is 9.37 Å². The lowest BCUT2D eigenvalue weighted by Gasteiger charge is -2.32. The Hall–Kier alpha value is -3.62. The van der Waals surface area contributed by atoms with E-state index in [0.29, 0.717) is 41.0 Å². The number of pyridine rings is 1. The van der Waals surface area contributed by atoms with Gasteiger partial charge in [-0.3, -0.25) is 21.1 Å². The molecule has 1 aromatic heterocycles. The molecule has 2 aromatic carbocycles. The molecule has 7 nitrogen and oxygen atoms in total. The Morgan fingerprint density at radius 3 is 2.69 bits per heavy atom. The molecule has 4 rings (SSSR count). The fourth-order valence-electron chi connectivity index (χ4n) is 4.16. The Balaban J connectivity index is 1.43. The van der Waals surface area contributed by atoms with Crippen LogP contribution in [0.3, 0.4) is 0 Å². The first-order valence-electron chi connectivity index (χ1n) is 11.2. The predicted octanol–water partition coefficient (Wildman–Crippen LogP) is 5.10. The number of benzene rings is 2. The molecule has 35 heavy (non-hydrogen) atoms. The molecule has 0 amide bonds. The summed E-state index contributed by atoms with van der Waals surface area (Å²) in [7, 11) is 0.